The van der Waals surface area contributed by atoms with Crippen LogP contribution in [0.4, 0.5) is 0 Å². The summed E-state index contributed by atoms with van der Waals surface area (Å²) in [6.45, 7) is 7.22. The molecule has 1 aliphatic heterocycles. The second-order valence-electron chi connectivity index (χ2n) is 5.73. The average Bonchev–Trinajstić information content (AvgIpc) is 2.85. The predicted octanol–water partition coefficient (Wildman–Crippen LogP) is 1.84. The molecule has 1 aromatic heterocycles. The van der Waals surface area contributed by atoms with Crippen LogP contribution in [0.25, 0.3) is 0 Å². The Hall–Kier alpha value is -1.14. The molecule has 1 atom stereocenters. The maximum Gasteiger partial charge on any atom is 0.320 e. The van der Waals surface area contributed by atoms with E-state index in [1.807, 2.05) is 25.7 Å². The highest BCUT2D eigenvalue weighted by Crippen LogP contribution is 2.22. The minimum Gasteiger partial charge on any atom is -0.480 e. The van der Waals surface area contributed by atoms with Crippen LogP contribution in [0.3, 0.4) is 0 Å². The van der Waals surface area contributed by atoms with Crippen LogP contribution in [0.1, 0.15) is 45.3 Å². The molecule has 0 radical (unpaired) electrons. The number of rotatable bonds is 3. The van der Waals surface area contributed by atoms with Gasteiger partial charge in [0.05, 0.1) is 6.54 Å². The normalized spacial score (nSPS) is 20.3. The Kier molecular flexibility index (Phi) is 4.92. The molecule has 1 fully saturated rings. The lowest BCUT2D eigenvalue weighted by atomic mass is 9.96. The molecule has 0 spiro atoms. The van der Waals surface area contributed by atoms with Crippen molar-refractivity contribution in [1.82, 2.24) is 15.0 Å². The van der Waals surface area contributed by atoms with Crippen molar-refractivity contribution in [1.29, 1.82) is 0 Å². The summed E-state index contributed by atoms with van der Waals surface area (Å²) in [6, 6.07) is -0.421. The van der Waals surface area contributed by atoms with Gasteiger partial charge in [-0.3, -0.25) is 9.69 Å². The first kappa shape index (κ1) is 15.9. The summed E-state index contributed by atoms with van der Waals surface area (Å²) in [6.07, 6.45) is 1.59. The van der Waals surface area contributed by atoms with Gasteiger partial charge < -0.3 is 9.63 Å². The Morgan fingerprint density at radius 3 is 2.74 bits per heavy atom. The van der Waals surface area contributed by atoms with E-state index in [0.717, 1.165) is 13.0 Å². The fourth-order valence-corrected chi connectivity index (χ4v) is 2.09. The Labute approximate surface area is 118 Å². The number of carboxylic acids is 1. The lowest BCUT2D eigenvalue weighted by molar-refractivity contribution is -0.142. The number of hydrogen-bond donors (Lipinski definition) is 1. The second kappa shape index (κ2) is 5.88. The first-order valence-corrected chi connectivity index (χ1v) is 6.18. The van der Waals surface area contributed by atoms with Crippen molar-refractivity contribution in [3.8, 4) is 0 Å². The molecule has 2 rings (SSSR count). The van der Waals surface area contributed by atoms with Crippen molar-refractivity contribution in [3.05, 3.63) is 11.7 Å². The van der Waals surface area contributed by atoms with Crippen LogP contribution >= 0.6 is 12.4 Å². The number of likely N-dealkylation sites (tertiary alicyclic amines) is 1. The molecule has 0 saturated carbocycles. The summed E-state index contributed by atoms with van der Waals surface area (Å²) in [5.41, 5.74) is -0.154. The van der Waals surface area contributed by atoms with Crippen molar-refractivity contribution < 1.29 is 14.4 Å². The molecule has 0 unspecified atom stereocenters. The smallest absolute Gasteiger partial charge is 0.320 e. The van der Waals surface area contributed by atoms with Gasteiger partial charge in [0.15, 0.2) is 5.82 Å². The lowest BCUT2D eigenvalue weighted by Crippen LogP contribution is -2.35. The van der Waals surface area contributed by atoms with E-state index in [1.165, 1.54) is 0 Å². The molecule has 108 valence electrons. The van der Waals surface area contributed by atoms with E-state index in [0.29, 0.717) is 24.7 Å². The lowest BCUT2D eigenvalue weighted by Gasteiger charge is -2.18. The van der Waals surface area contributed by atoms with Crippen LogP contribution in [0.5, 0.6) is 0 Å². The van der Waals surface area contributed by atoms with Gasteiger partial charge in [0.1, 0.15) is 6.04 Å². The van der Waals surface area contributed by atoms with Crippen molar-refractivity contribution in [2.24, 2.45) is 0 Å². The number of carboxylic acid groups (broad SMARTS) is 1. The third-order valence-corrected chi connectivity index (χ3v) is 3.13. The van der Waals surface area contributed by atoms with Crippen molar-refractivity contribution >= 4 is 18.4 Å². The number of aliphatic carboxylic acids is 1. The second-order valence-corrected chi connectivity index (χ2v) is 5.73. The van der Waals surface area contributed by atoms with E-state index in [1.54, 1.807) is 0 Å². The fraction of sp³-hybridized carbons (Fsp3) is 0.750. The molecule has 1 aliphatic rings. The number of hydrogen-bond acceptors (Lipinski definition) is 5. The summed E-state index contributed by atoms with van der Waals surface area (Å²) in [4.78, 5) is 17.3. The molecule has 2 heterocycles. The predicted molar refractivity (Wildman–Crippen MR) is 71.3 cm³/mol. The van der Waals surface area contributed by atoms with Gasteiger partial charge in [0, 0.05) is 5.41 Å². The van der Waals surface area contributed by atoms with Gasteiger partial charge in [0.2, 0.25) is 5.89 Å². The molecule has 19 heavy (non-hydrogen) atoms. The number of halogens is 1. The zero-order chi connectivity index (χ0) is 13.3. The van der Waals surface area contributed by atoms with E-state index < -0.39 is 12.0 Å². The summed E-state index contributed by atoms with van der Waals surface area (Å²) >= 11 is 0. The summed E-state index contributed by atoms with van der Waals surface area (Å²) < 4.78 is 5.19. The Morgan fingerprint density at radius 1 is 1.53 bits per heavy atom. The monoisotopic (exact) mass is 289 g/mol. The average molecular weight is 290 g/mol. The van der Waals surface area contributed by atoms with Gasteiger partial charge in [-0.15, -0.1) is 12.4 Å². The zero-order valence-corrected chi connectivity index (χ0v) is 12.2. The summed E-state index contributed by atoms with van der Waals surface area (Å²) in [5, 5.41) is 13.0. The van der Waals surface area contributed by atoms with E-state index >= 15 is 0 Å². The first-order chi connectivity index (χ1) is 8.38. The van der Waals surface area contributed by atoms with Crippen molar-refractivity contribution in [3.63, 3.8) is 0 Å². The number of aromatic nitrogens is 2. The van der Waals surface area contributed by atoms with Crippen molar-refractivity contribution in [2.45, 2.75) is 51.6 Å². The maximum absolute atomic E-state index is 11.1. The van der Waals surface area contributed by atoms with Crippen LogP contribution in [0.2, 0.25) is 0 Å². The highest BCUT2D eigenvalue weighted by molar-refractivity contribution is 5.85. The Bertz CT molecular complexity index is 442. The van der Waals surface area contributed by atoms with Gasteiger partial charge >= 0.3 is 5.97 Å². The van der Waals surface area contributed by atoms with Gasteiger partial charge in [-0.2, -0.15) is 4.98 Å². The summed E-state index contributed by atoms with van der Waals surface area (Å²) in [7, 11) is 0. The quantitative estimate of drug-likeness (QED) is 0.914. The topological polar surface area (TPSA) is 79.5 Å². The van der Waals surface area contributed by atoms with Crippen molar-refractivity contribution in [2.75, 3.05) is 6.54 Å². The van der Waals surface area contributed by atoms with Gasteiger partial charge in [0.25, 0.3) is 0 Å². The van der Waals surface area contributed by atoms with Crippen LogP contribution in [0.15, 0.2) is 4.52 Å². The highest BCUT2D eigenvalue weighted by Gasteiger charge is 2.32. The van der Waals surface area contributed by atoms with Crippen LogP contribution in [-0.2, 0) is 16.8 Å². The maximum atomic E-state index is 11.1. The van der Waals surface area contributed by atoms with E-state index in [2.05, 4.69) is 10.1 Å². The zero-order valence-electron chi connectivity index (χ0n) is 11.4. The molecule has 1 aromatic rings. The van der Waals surface area contributed by atoms with E-state index in [9.17, 15) is 4.79 Å². The van der Waals surface area contributed by atoms with Crippen LogP contribution < -0.4 is 0 Å². The van der Waals surface area contributed by atoms with Gasteiger partial charge in [-0.1, -0.05) is 25.9 Å². The molecule has 1 saturated heterocycles. The SMILES string of the molecule is CC(C)(C)c1noc(CN2CCC[C@H]2C(=O)O)n1.Cl. The molecule has 1 N–H and O–H groups in total. The molecule has 6 nitrogen and oxygen atoms in total. The Morgan fingerprint density at radius 2 is 2.21 bits per heavy atom. The minimum atomic E-state index is -0.775. The minimum absolute atomic E-state index is 0. The molecular formula is C12H20ClN3O3. The third-order valence-electron chi connectivity index (χ3n) is 3.13. The van der Waals surface area contributed by atoms with E-state index in [4.69, 9.17) is 9.63 Å². The summed E-state index contributed by atoms with van der Waals surface area (Å²) in [5.74, 6) is 0.375. The van der Waals surface area contributed by atoms with Gasteiger partial charge in [-0.05, 0) is 19.4 Å². The first-order valence-electron chi connectivity index (χ1n) is 6.18. The molecule has 0 bridgehead atoms. The molecular weight excluding hydrogens is 270 g/mol. The third kappa shape index (κ3) is 3.67. The molecule has 0 aromatic carbocycles. The molecule has 7 heteroatoms. The largest absolute Gasteiger partial charge is 0.480 e. The number of nitrogens with zero attached hydrogens (tertiary/aromatic N) is 3. The highest BCUT2D eigenvalue weighted by atomic mass is 35.5. The fourth-order valence-electron chi connectivity index (χ4n) is 2.09. The number of carbonyl (C=O) groups is 1. The standard InChI is InChI=1S/C12H19N3O3.ClH/c1-12(2,3)11-13-9(18-14-11)7-15-6-4-5-8(15)10(16)17;/h8H,4-7H2,1-3H3,(H,16,17);1H/t8-;/m0./s1. The van der Waals surface area contributed by atoms with Gasteiger partial charge in [-0.25, -0.2) is 0 Å². The Balaban J connectivity index is 0.00000180. The molecule has 0 aliphatic carbocycles. The molecule has 0 amide bonds. The van der Waals surface area contributed by atoms with E-state index in [-0.39, 0.29) is 17.8 Å². The van der Waals surface area contributed by atoms with Crippen LogP contribution in [0, 0.1) is 0 Å². The van der Waals surface area contributed by atoms with Crippen LogP contribution in [-0.4, -0.2) is 38.7 Å².